The number of carbonyl (C=O) groups is 2. The fraction of sp³-hybridized carbons (Fsp3) is 0.455. The van der Waals surface area contributed by atoms with Gasteiger partial charge in [-0.05, 0) is 29.2 Å². The summed E-state index contributed by atoms with van der Waals surface area (Å²) in [6.07, 6.45) is 4.79. The third-order valence-corrected chi connectivity index (χ3v) is 5.72. The van der Waals surface area contributed by atoms with E-state index < -0.39 is 0 Å². The van der Waals surface area contributed by atoms with E-state index in [-0.39, 0.29) is 36.9 Å². The van der Waals surface area contributed by atoms with Crippen molar-refractivity contribution in [1.82, 2.24) is 10.2 Å². The molecule has 1 saturated heterocycles. The summed E-state index contributed by atoms with van der Waals surface area (Å²) in [6, 6.07) is 14.2. The van der Waals surface area contributed by atoms with Crippen LogP contribution in [0.1, 0.15) is 31.2 Å². The lowest BCUT2D eigenvalue weighted by atomic mass is 9.90. The number of morpholine rings is 1. The van der Waals surface area contributed by atoms with Crippen molar-refractivity contribution in [3.05, 3.63) is 48.0 Å². The van der Waals surface area contributed by atoms with Gasteiger partial charge in [-0.15, -0.1) is 0 Å². The zero-order valence-corrected chi connectivity index (χ0v) is 15.5. The van der Waals surface area contributed by atoms with E-state index in [0.29, 0.717) is 13.2 Å². The number of nitrogens with zero attached hydrogens (tertiary/aromatic N) is 1. The van der Waals surface area contributed by atoms with Crippen LogP contribution >= 0.6 is 0 Å². The van der Waals surface area contributed by atoms with Crippen molar-refractivity contribution in [2.24, 2.45) is 0 Å². The molecular formula is C22H26N2O3. The fourth-order valence-corrected chi connectivity index (χ4v) is 4.36. The smallest absolute Gasteiger partial charge is 0.242 e. The van der Waals surface area contributed by atoms with Crippen molar-refractivity contribution < 1.29 is 14.3 Å². The first kappa shape index (κ1) is 18.0. The summed E-state index contributed by atoms with van der Waals surface area (Å²) in [6.45, 7) is 1.28. The van der Waals surface area contributed by atoms with Crippen LogP contribution in [-0.4, -0.2) is 48.6 Å². The number of benzene rings is 2. The van der Waals surface area contributed by atoms with Crippen molar-refractivity contribution in [2.75, 3.05) is 19.7 Å². The Balaban J connectivity index is 1.35. The van der Waals surface area contributed by atoms with Crippen molar-refractivity contribution in [2.45, 2.75) is 44.2 Å². The molecule has 2 atom stereocenters. The summed E-state index contributed by atoms with van der Waals surface area (Å²) >= 11 is 0. The molecule has 0 spiro atoms. The molecular weight excluding hydrogens is 340 g/mol. The van der Waals surface area contributed by atoms with Gasteiger partial charge in [0.1, 0.15) is 0 Å². The first-order chi connectivity index (χ1) is 13.2. The molecule has 2 aromatic carbocycles. The molecule has 0 radical (unpaired) electrons. The molecule has 5 heteroatoms. The Labute approximate surface area is 159 Å². The molecule has 1 aliphatic carbocycles. The zero-order chi connectivity index (χ0) is 18.6. The summed E-state index contributed by atoms with van der Waals surface area (Å²) in [5.74, 6) is -0.116. The van der Waals surface area contributed by atoms with E-state index in [1.165, 1.54) is 6.42 Å². The van der Waals surface area contributed by atoms with Gasteiger partial charge in [-0.2, -0.15) is 0 Å². The number of carbonyl (C=O) groups excluding carboxylic acids is 2. The molecule has 0 bridgehead atoms. The van der Waals surface area contributed by atoms with Crippen molar-refractivity contribution in [1.29, 1.82) is 0 Å². The molecule has 1 N–H and O–H groups in total. The lowest BCUT2D eigenvalue weighted by Gasteiger charge is -2.43. The molecule has 2 unspecified atom stereocenters. The first-order valence-electron chi connectivity index (χ1n) is 9.87. The van der Waals surface area contributed by atoms with Crippen molar-refractivity contribution >= 4 is 22.6 Å². The number of hydrogen-bond acceptors (Lipinski definition) is 3. The highest BCUT2D eigenvalue weighted by molar-refractivity contribution is 5.91. The first-order valence-corrected chi connectivity index (χ1v) is 9.87. The van der Waals surface area contributed by atoms with Crippen LogP contribution in [0.5, 0.6) is 0 Å². The standard InChI is InChI=1S/C22H26N2O3/c25-21(14-17-8-5-7-16-6-1-2-9-18(16)17)23-15-22(26)24-12-13-27-20-11-4-3-10-19(20)24/h1-2,5-9,19-20H,3-4,10-15H2,(H,23,25). The Bertz CT molecular complexity index is 828. The molecule has 2 aliphatic rings. The Hall–Kier alpha value is -2.40. The molecule has 2 fully saturated rings. The highest BCUT2D eigenvalue weighted by atomic mass is 16.5. The van der Waals surface area contributed by atoms with Crippen LogP contribution < -0.4 is 5.32 Å². The quantitative estimate of drug-likeness (QED) is 0.905. The highest BCUT2D eigenvalue weighted by Crippen LogP contribution is 2.28. The van der Waals surface area contributed by atoms with Gasteiger partial charge >= 0.3 is 0 Å². The lowest BCUT2D eigenvalue weighted by molar-refractivity contribution is -0.149. The minimum absolute atomic E-state index is 0.00136. The zero-order valence-electron chi connectivity index (χ0n) is 15.5. The van der Waals surface area contributed by atoms with E-state index >= 15 is 0 Å². The summed E-state index contributed by atoms with van der Waals surface area (Å²) in [5.41, 5.74) is 0.983. The highest BCUT2D eigenvalue weighted by Gasteiger charge is 2.36. The summed E-state index contributed by atoms with van der Waals surface area (Å²) in [7, 11) is 0. The summed E-state index contributed by atoms with van der Waals surface area (Å²) in [4.78, 5) is 27.0. The topological polar surface area (TPSA) is 58.6 Å². The van der Waals surface area contributed by atoms with Crippen molar-refractivity contribution in [3.8, 4) is 0 Å². The number of ether oxygens (including phenoxy) is 1. The Morgan fingerprint density at radius 1 is 1.07 bits per heavy atom. The Morgan fingerprint density at radius 3 is 2.81 bits per heavy atom. The molecule has 0 aromatic heterocycles. The second-order valence-electron chi connectivity index (χ2n) is 7.44. The van der Waals surface area contributed by atoms with Gasteiger partial charge in [0, 0.05) is 6.54 Å². The molecule has 2 amide bonds. The van der Waals surface area contributed by atoms with Gasteiger partial charge in [0.05, 0.1) is 31.7 Å². The van der Waals surface area contributed by atoms with E-state index in [0.717, 1.165) is 35.6 Å². The third-order valence-electron chi connectivity index (χ3n) is 5.72. The Morgan fingerprint density at radius 2 is 1.89 bits per heavy atom. The number of rotatable bonds is 4. The van der Waals surface area contributed by atoms with Crippen LogP contribution in [0.3, 0.4) is 0 Å². The van der Waals surface area contributed by atoms with Crippen LogP contribution in [0, 0.1) is 0 Å². The molecule has 4 rings (SSSR count). The molecule has 142 valence electrons. The maximum absolute atomic E-state index is 12.7. The van der Waals surface area contributed by atoms with Gasteiger partial charge in [-0.25, -0.2) is 0 Å². The molecule has 1 heterocycles. The largest absolute Gasteiger partial charge is 0.374 e. The van der Waals surface area contributed by atoms with Gasteiger partial charge in [0.2, 0.25) is 11.8 Å². The number of hydrogen-bond donors (Lipinski definition) is 1. The molecule has 2 aromatic rings. The second kappa shape index (κ2) is 8.09. The maximum atomic E-state index is 12.7. The van der Waals surface area contributed by atoms with Gasteiger partial charge < -0.3 is 15.0 Å². The number of fused-ring (bicyclic) bond motifs is 2. The second-order valence-corrected chi connectivity index (χ2v) is 7.44. The molecule has 1 aliphatic heterocycles. The summed E-state index contributed by atoms with van der Waals surface area (Å²) in [5, 5.41) is 5.02. The third kappa shape index (κ3) is 3.98. The van der Waals surface area contributed by atoms with Gasteiger partial charge in [-0.3, -0.25) is 9.59 Å². The van der Waals surface area contributed by atoms with Crippen molar-refractivity contribution in [3.63, 3.8) is 0 Å². The van der Waals surface area contributed by atoms with Gasteiger partial charge in [-0.1, -0.05) is 55.3 Å². The normalized spacial score (nSPS) is 22.3. The SMILES string of the molecule is O=C(Cc1cccc2ccccc12)NCC(=O)N1CCOC2CCCCC21. The fourth-order valence-electron chi connectivity index (χ4n) is 4.36. The van der Waals surface area contributed by atoms with Gasteiger partial charge in [0.15, 0.2) is 0 Å². The van der Waals surface area contributed by atoms with E-state index in [1.54, 1.807) is 0 Å². The lowest BCUT2D eigenvalue weighted by Crippen LogP contribution is -2.56. The van der Waals surface area contributed by atoms with Crippen LogP contribution in [0.4, 0.5) is 0 Å². The number of amides is 2. The molecule has 27 heavy (non-hydrogen) atoms. The monoisotopic (exact) mass is 366 g/mol. The van der Waals surface area contributed by atoms with Crippen LogP contribution in [0.15, 0.2) is 42.5 Å². The van der Waals surface area contributed by atoms with E-state index in [2.05, 4.69) is 5.32 Å². The molecule has 1 saturated carbocycles. The van der Waals surface area contributed by atoms with Crippen LogP contribution in [0.25, 0.3) is 10.8 Å². The predicted octanol–water partition coefficient (Wildman–Crippen LogP) is 2.67. The average Bonchev–Trinajstić information content (AvgIpc) is 2.72. The summed E-state index contributed by atoms with van der Waals surface area (Å²) < 4.78 is 5.83. The van der Waals surface area contributed by atoms with Crippen LogP contribution in [0.2, 0.25) is 0 Å². The maximum Gasteiger partial charge on any atom is 0.242 e. The minimum atomic E-state index is -0.117. The van der Waals surface area contributed by atoms with Gasteiger partial charge in [0.25, 0.3) is 0 Å². The van der Waals surface area contributed by atoms with E-state index in [1.807, 2.05) is 47.4 Å². The Kier molecular flexibility index (Phi) is 5.39. The molecule has 5 nitrogen and oxygen atoms in total. The van der Waals surface area contributed by atoms with Crippen LogP contribution in [-0.2, 0) is 20.7 Å². The predicted molar refractivity (Wildman–Crippen MR) is 104 cm³/mol. The minimum Gasteiger partial charge on any atom is -0.374 e. The number of nitrogens with one attached hydrogen (secondary N) is 1. The van der Waals surface area contributed by atoms with E-state index in [4.69, 9.17) is 4.74 Å². The average molecular weight is 366 g/mol. The van der Waals surface area contributed by atoms with E-state index in [9.17, 15) is 9.59 Å².